The van der Waals surface area contributed by atoms with Gasteiger partial charge in [0.05, 0.1) is 12.1 Å². The third kappa shape index (κ3) is 9.54. The van der Waals surface area contributed by atoms with E-state index in [1.54, 1.807) is 0 Å². The molecule has 3 N–H and O–H groups in total. The molecule has 2 aliphatic rings. The number of aromatic nitrogens is 3. The van der Waals surface area contributed by atoms with Crippen LogP contribution in [0.25, 0.3) is 33.1 Å². The van der Waals surface area contributed by atoms with E-state index in [1.807, 2.05) is 92.1 Å². The largest absolute Gasteiger partial charge is 0.491 e. The standard InChI is InChI=1S/C50H56N6O7/c1-5-55(37-20-23-62-24-21-37)45-29-35(28-41(33(45)4)48(58)51-30-42-31(2)27-32(3)52-49(42)59)34-12-15-38(16-13-34)63-26-25-61-22-8-9-36-14-17-40-39-10-6-7-11-43(39)56(47(40)53-36)44-18-19-46(57)54-50(44)60/h6-7,10-17,27-29,37,44H,5,8-9,18-26,30H2,1-4H3,(H,51,58)(H,52,59)(H,54,57,60). The van der Waals surface area contributed by atoms with Crippen molar-refractivity contribution >= 4 is 45.3 Å². The van der Waals surface area contributed by atoms with Gasteiger partial charge in [-0.25, -0.2) is 4.98 Å². The molecule has 3 aromatic heterocycles. The van der Waals surface area contributed by atoms with E-state index >= 15 is 0 Å². The van der Waals surface area contributed by atoms with Crippen LogP contribution in [0.3, 0.4) is 0 Å². The van der Waals surface area contributed by atoms with E-state index in [1.165, 1.54) is 0 Å². The fourth-order valence-electron chi connectivity index (χ4n) is 9.10. The van der Waals surface area contributed by atoms with Crippen molar-refractivity contribution in [2.24, 2.45) is 0 Å². The van der Waals surface area contributed by atoms with Crippen molar-refractivity contribution in [2.45, 2.75) is 84.8 Å². The number of H-pyrrole nitrogens is 1. The van der Waals surface area contributed by atoms with Crippen molar-refractivity contribution in [2.75, 3.05) is 44.5 Å². The van der Waals surface area contributed by atoms with Gasteiger partial charge in [0.1, 0.15) is 24.0 Å². The minimum atomic E-state index is -0.498. The van der Waals surface area contributed by atoms with Gasteiger partial charge in [0.2, 0.25) is 11.8 Å². The highest BCUT2D eigenvalue weighted by atomic mass is 16.5. The fourth-order valence-corrected chi connectivity index (χ4v) is 9.10. The topological polar surface area (TPSA) is 157 Å². The number of aryl methyl sites for hydroxylation is 3. The van der Waals surface area contributed by atoms with E-state index < -0.39 is 6.04 Å². The van der Waals surface area contributed by atoms with Crippen LogP contribution >= 0.6 is 0 Å². The molecule has 2 fully saturated rings. The number of hydrogen-bond donors (Lipinski definition) is 3. The maximum Gasteiger partial charge on any atom is 0.253 e. The highest BCUT2D eigenvalue weighted by molar-refractivity contribution is 6.09. The Morgan fingerprint density at radius 3 is 2.46 bits per heavy atom. The number of ether oxygens (including phenoxy) is 3. The lowest BCUT2D eigenvalue weighted by atomic mass is 9.95. The molecule has 63 heavy (non-hydrogen) atoms. The zero-order valence-corrected chi connectivity index (χ0v) is 36.6. The quantitative estimate of drug-likeness (QED) is 0.0667. The number of carbonyl (C=O) groups excluding carboxylic acids is 3. The molecule has 0 spiro atoms. The molecule has 0 saturated carbocycles. The minimum absolute atomic E-state index is 0.126. The van der Waals surface area contributed by atoms with E-state index in [0.29, 0.717) is 75.2 Å². The molecule has 0 bridgehead atoms. The Kier molecular flexibility index (Phi) is 13.3. The number of piperidine rings is 1. The molecule has 8 rings (SSSR count). The number of benzene rings is 3. The number of carbonyl (C=O) groups is 3. The molecule has 3 aromatic carbocycles. The Labute approximate surface area is 367 Å². The van der Waals surface area contributed by atoms with Gasteiger partial charge < -0.3 is 34.0 Å². The van der Waals surface area contributed by atoms with Gasteiger partial charge in [-0.1, -0.05) is 30.3 Å². The highest BCUT2D eigenvalue weighted by Crippen LogP contribution is 2.36. The Hall–Kier alpha value is -6.31. The van der Waals surface area contributed by atoms with Crippen molar-refractivity contribution < 1.29 is 28.6 Å². The normalized spacial score (nSPS) is 15.8. The number of amides is 3. The van der Waals surface area contributed by atoms with Gasteiger partial charge in [-0.3, -0.25) is 24.5 Å². The lowest BCUT2D eigenvalue weighted by Crippen LogP contribution is -2.41. The van der Waals surface area contributed by atoms with Gasteiger partial charge in [-0.05, 0) is 131 Å². The van der Waals surface area contributed by atoms with Crippen LogP contribution in [0.2, 0.25) is 0 Å². The number of nitrogens with one attached hydrogen (secondary N) is 3. The first-order chi connectivity index (χ1) is 30.6. The van der Waals surface area contributed by atoms with Crippen molar-refractivity contribution in [3.8, 4) is 16.9 Å². The van der Waals surface area contributed by atoms with Crippen LogP contribution in [-0.2, 0) is 32.0 Å². The van der Waals surface area contributed by atoms with Crippen molar-refractivity contribution in [3.05, 3.63) is 123 Å². The maximum atomic E-state index is 13.9. The molecule has 6 aromatic rings. The predicted molar refractivity (Wildman–Crippen MR) is 244 cm³/mol. The molecular formula is C50H56N6O7. The molecule has 3 amide bonds. The maximum absolute atomic E-state index is 13.9. The van der Waals surface area contributed by atoms with Gasteiger partial charge >= 0.3 is 0 Å². The monoisotopic (exact) mass is 852 g/mol. The van der Waals surface area contributed by atoms with Crippen molar-refractivity contribution in [3.63, 3.8) is 0 Å². The molecule has 1 unspecified atom stereocenters. The first-order valence-corrected chi connectivity index (χ1v) is 22.1. The Morgan fingerprint density at radius 2 is 1.70 bits per heavy atom. The number of anilines is 1. The molecule has 5 heterocycles. The highest BCUT2D eigenvalue weighted by Gasteiger charge is 2.31. The smallest absolute Gasteiger partial charge is 0.253 e. The fraction of sp³-hybridized carbons (Fsp3) is 0.380. The van der Waals surface area contributed by atoms with Crippen LogP contribution in [-0.4, -0.2) is 77.9 Å². The summed E-state index contributed by atoms with van der Waals surface area (Å²) in [5.74, 6) is -0.0502. The summed E-state index contributed by atoms with van der Waals surface area (Å²) in [5, 5.41) is 7.54. The SMILES string of the molecule is CCN(c1cc(-c2ccc(OCCOCCCc3ccc4c5ccccc5n(C5CCC(=O)NC5=O)c4n3)cc2)cc(C(=O)NCc2c(C)cc(C)[nH]c2=O)c1C)C1CCOCC1. The Bertz CT molecular complexity index is 2700. The number of hydrogen-bond acceptors (Lipinski definition) is 9. The van der Waals surface area contributed by atoms with Gasteiger partial charge in [0, 0.05) is 84.3 Å². The zero-order valence-electron chi connectivity index (χ0n) is 36.6. The third-order valence-electron chi connectivity index (χ3n) is 12.4. The third-order valence-corrected chi connectivity index (χ3v) is 12.4. The predicted octanol–water partition coefficient (Wildman–Crippen LogP) is 7.41. The lowest BCUT2D eigenvalue weighted by molar-refractivity contribution is -0.135. The van der Waals surface area contributed by atoms with Gasteiger partial charge in [-0.15, -0.1) is 0 Å². The van der Waals surface area contributed by atoms with Gasteiger partial charge in [-0.2, -0.15) is 0 Å². The number of nitrogens with zero attached hydrogens (tertiary/aromatic N) is 3. The second-order valence-electron chi connectivity index (χ2n) is 16.5. The summed E-state index contributed by atoms with van der Waals surface area (Å²) < 4.78 is 19.7. The number of para-hydroxylation sites is 1. The number of rotatable bonds is 16. The molecule has 2 aliphatic heterocycles. The van der Waals surface area contributed by atoms with E-state index in [4.69, 9.17) is 19.2 Å². The molecule has 0 radical (unpaired) electrons. The van der Waals surface area contributed by atoms with Crippen LogP contribution < -0.4 is 25.8 Å². The zero-order chi connectivity index (χ0) is 44.0. The van der Waals surface area contributed by atoms with Crippen molar-refractivity contribution in [1.29, 1.82) is 0 Å². The van der Waals surface area contributed by atoms with E-state index in [2.05, 4.69) is 39.6 Å². The summed E-state index contributed by atoms with van der Waals surface area (Å²) in [7, 11) is 0. The van der Waals surface area contributed by atoms with Gasteiger partial charge in [0.15, 0.2) is 0 Å². The average Bonchev–Trinajstić information content (AvgIpc) is 3.60. The lowest BCUT2D eigenvalue weighted by Gasteiger charge is -2.37. The number of imide groups is 1. The Morgan fingerprint density at radius 1 is 0.905 bits per heavy atom. The molecule has 1 atom stereocenters. The van der Waals surface area contributed by atoms with Crippen LogP contribution in [0.15, 0.2) is 83.7 Å². The molecule has 328 valence electrons. The Balaban J connectivity index is 0.892. The minimum Gasteiger partial charge on any atom is -0.491 e. The molecule has 2 saturated heterocycles. The summed E-state index contributed by atoms with van der Waals surface area (Å²) in [4.78, 5) is 61.7. The van der Waals surface area contributed by atoms with Crippen molar-refractivity contribution in [1.82, 2.24) is 25.2 Å². The number of fused-ring (bicyclic) bond motifs is 3. The molecular weight excluding hydrogens is 797 g/mol. The summed E-state index contributed by atoms with van der Waals surface area (Å²) in [6, 6.07) is 25.8. The van der Waals surface area contributed by atoms with Crippen LogP contribution in [0.5, 0.6) is 5.75 Å². The summed E-state index contributed by atoms with van der Waals surface area (Å²) in [6.07, 6.45) is 4.03. The van der Waals surface area contributed by atoms with E-state index in [9.17, 15) is 19.2 Å². The first kappa shape index (κ1) is 43.3. The summed E-state index contributed by atoms with van der Waals surface area (Å²) in [6.45, 7) is 11.6. The number of aromatic amines is 1. The average molecular weight is 853 g/mol. The molecule has 13 nitrogen and oxygen atoms in total. The second kappa shape index (κ2) is 19.4. The summed E-state index contributed by atoms with van der Waals surface area (Å²) >= 11 is 0. The van der Waals surface area contributed by atoms with Gasteiger partial charge in [0.25, 0.3) is 11.5 Å². The van der Waals surface area contributed by atoms with Crippen LogP contribution in [0.1, 0.15) is 83.5 Å². The molecule has 0 aliphatic carbocycles. The van der Waals surface area contributed by atoms with E-state index in [0.717, 1.165) is 87.1 Å². The second-order valence-corrected chi connectivity index (χ2v) is 16.5. The first-order valence-electron chi connectivity index (χ1n) is 22.1. The van der Waals surface area contributed by atoms with Crippen LogP contribution in [0, 0.1) is 20.8 Å². The number of pyridine rings is 2. The summed E-state index contributed by atoms with van der Waals surface area (Å²) in [5.41, 5.74) is 8.90. The molecule has 13 heteroatoms. The van der Waals surface area contributed by atoms with Crippen LogP contribution in [0.4, 0.5) is 5.69 Å². The van der Waals surface area contributed by atoms with E-state index in [-0.39, 0.29) is 29.8 Å².